The van der Waals surface area contributed by atoms with Crippen LogP contribution >= 0.6 is 0 Å². The highest BCUT2D eigenvalue weighted by atomic mass is 16.5. The number of carbonyl (C=O) groups is 1. The van der Waals surface area contributed by atoms with Gasteiger partial charge in [-0.05, 0) is 26.0 Å². The SMILES string of the molecule is COCCNC(=O)N1CCOC[C@@H]1c1c(C)nn(-c2ccccc2)c1C. The molecule has 1 fully saturated rings. The monoisotopic (exact) mass is 358 g/mol. The van der Waals surface area contributed by atoms with Crippen LogP contribution in [0, 0.1) is 13.8 Å². The van der Waals surface area contributed by atoms with Crippen LogP contribution in [0.4, 0.5) is 4.79 Å². The summed E-state index contributed by atoms with van der Waals surface area (Å²) in [7, 11) is 1.62. The Morgan fingerprint density at radius 3 is 2.85 bits per heavy atom. The minimum absolute atomic E-state index is 0.0957. The third-order valence-corrected chi connectivity index (χ3v) is 4.65. The first-order valence-electron chi connectivity index (χ1n) is 8.86. The lowest BCUT2D eigenvalue weighted by atomic mass is 10.0. The number of ether oxygens (including phenoxy) is 2. The number of nitrogens with zero attached hydrogens (tertiary/aromatic N) is 3. The summed E-state index contributed by atoms with van der Waals surface area (Å²) < 4.78 is 12.6. The standard InChI is InChI=1S/C19H26N4O3/c1-14-18(15(2)23(21-14)16-7-5-4-6-8-16)17-13-26-12-10-22(17)19(24)20-9-11-25-3/h4-8,17H,9-13H2,1-3H3,(H,20,24)/t17-/m1/s1. The Kier molecular flexibility index (Phi) is 5.90. The van der Waals surface area contributed by atoms with E-state index in [1.54, 1.807) is 7.11 Å². The molecule has 1 aliphatic heterocycles. The number of hydrogen-bond donors (Lipinski definition) is 1. The smallest absolute Gasteiger partial charge is 0.318 e. The van der Waals surface area contributed by atoms with E-state index in [0.717, 1.165) is 22.6 Å². The second kappa shape index (κ2) is 8.33. The van der Waals surface area contributed by atoms with Gasteiger partial charge in [-0.1, -0.05) is 18.2 Å². The molecule has 26 heavy (non-hydrogen) atoms. The van der Waals surface area contributed by atoms with Gasteiger partial charge < -0.3 is 19.7 Å². The lowest BCUT2D eigenvalue weighted by molar-refractivity contribution is 0.0109. The van der Waals surface area contributed by atoms with Crippen LogP contribution in [0.5, 0.6) is 0 Å². The number of aryl methyl sites for hydroxylation is 1. The number of aromatic nitrogens is 2. The number of hydrogen-bond acceptors (Lipinski definition) is 4. The van der Waals surface area contributed by atoms with Gasteiger partial charge in [0.2, 0.25) is 0 Å². The molecule has 0 unspecified atom stereocenters. The lowest BCUT2D eigenvalue weighted by Gasteiger charge is -2.36. The van der Waals surface area contributed by atoms with Gasteiger partial charge in [0.25, 0.3) is 0 Å². The van der Waals surface area contributed by atoms with E-state index >= 15 is 0 Å². The second-order valence-electron chi connectivity index (χ2n) is 6.34. The highest BCUT2D eigenvalue weighted by molar-refractivity contribution is 5.75. The molecule has 1 atom stereocenters. The molecule has 7 heteroatoms. The van der Waals surface area contributed by atoms with Gasteiger partial charge in [-0.2, -0.15) is 5.10 Å². The molecule has 2 aromatic rings. The van der Waals surface area contributed by atoms with Crippen molar-refractivity contribution in [1.29, 1.82) is 0 Å². The van der Waals surface area contributed by atoms with E-state index in [9.17, 15) is 4.79 Å². The molecule has 0 bridgehead atoms. The van der Waals surface area contributed by atoms with Crippen molar-refractivity contribution in [2.45, 2.75) is 19.9 Å². The predicted molar refractivity (Wildman–Crippen MR) is 98.6 cm³/mol. The Morgan fingerprint density at radius 1 is 1.35 bits per heavy atom. The molecule has 3 rings (SSSR count). The Hall–Kier alpha value is -2.38. The van der Waals surface area contributed by atoms with E-state index in [0.29, 0.717) is 32.9 Å². The number of nitrogens with one attached hydrogen (secondary N) is 1. The quantitative estimate of drug-likeness (QED) is 0.832. The van der Waals surface area contributed by atoms with E-state index < -0.39 is 0 Å². The first kappa shape index (κ1) is 18.4. The van der Waals surface area contributed by atoms with Crippen molar-refractivity contribution in [3.8, 4) is 5.69 Å². The van der Waals surface area contributed by atoms with Crippen LogP contribution in [-0.4, -0.2) is 60.7 Å². The van der Waals surface area contributed by atoms with Crippen LogP contribution in [0.25, 0.3) is 5.69 Å². The number of morpholine rings is 1. The summed E-state index contributed by atoms with van der Waals surface area (Å²) in [5.41, 5.74) is 4.00. The number of amides is 2. The lowest BCUT2D eigenvalue weighted by Crippen LogP contribution is -2.49. The van der Waals surface area contributed by atoms with Crippen LogP contribution in [0.2, 0.25) is 0 Å². The largest absolute Gasteiger partial charge is 0.383 e. The van der Waals surface area contributed by atoms with Gasteiger partial charge >= 0.3 is 6.03 Å². The molecule has 1 aromatic heterocycles. The number of rotatable bonds is 5. The zero-order valence-corrected chi connectivity index (χ0v) is 15.6. The Bertz CT molecular complexity index is 745. The number of carbonyl (C=O) groups excluding carboxylic acids is 1. The molecule has 1 aromatic carbocycles. The number of benzene rings is 1. The Balaban J connectivity index is 1.88. The maximum atomic E-state index is 12.6. The molecule has 0 spiro atoms. The highest BCUT2D eigenvalue weighted by Crippen LogP contribution is 2.30. The van der Waals surface area contributed by atoms with Crippen LogP contribution in [0.3, 0.4) is 0 Å². The minimum atomic E-state index is -0.149. The summed E-state index contributed by atoms with van der Waals surface area (Å²) in [4.78, 5) is 14.5. The fourth-order valence-electron chi connectivity index (χ4n) is 3.41. The molecule has 2 amide bonds. The molecular formula is C19H26N4O3. The predicted octanol–water partition coefficient (Wildman–Crippen LogP) is 2.22. The van der Waals surface area contributed by atoms with E-state index in [1.165, 1.54) is 0 Å². The molecule has 140 valence electrons. The van der Waals surface area contributed by atoms with Gasteiger partial charge in [0, 0.05) is 31.5 Å². The number of urea groups is 1. The van der Waals surface area contributed by atoms with Crippen LogP contribution in [-0.2, 0) is 9.47 Å². The summed E-state index contributed by atoms with van der Waals surface area (Å²) in [5.74, 6) is 0. The number of para-hydroxylation sites is 1. The van der Waals surface area contributed by atoms with Crippen LogP contribution in [0.1, 0.15) is 23.0 Å². The molecule has 0 saturated carbocycles. The third kappa shape index (κ3) is 3.73. The van der Waals surface area contributed by atoms with Crippen molar-refractivity contribution < 1.29 is 14.3 Å². The van der Waals surface area contributed by atoms with Crippen molar-refractivity contribution in [1.82, 2.24) is 20.0 Å². The molecule has 1 aliphatic rings. The van der Waals surface area contributed by atoms with E-state index in [-0.39, 0.29) is 12.1 Å². The van der Waals surface area contributed by atoms with Crippen molar-refractivity contribution in [3.63, 3.8) is 0 Å². The van der Waals surface area contributed by atoms with Gasteiger partial charge in [0.1, 0.15) is 0 Å². The zero-order valence-electron chi connectivity index (χ0n) is 15.6. The highest BCUT2D eigenvalue weighted by Gasteiger charge is 2.32. The molecule has 2 heterocycles. The maximum Gasteiger partial charge on any atom is 0.318 e. The van der Waals surface area contributed by atoms with Gasteiger partial charge in [0.15, 0.2) is 0 Å². The zero-order chi connectivity index (χ0) is 18.5. The van der Waals surface area contributed by atoms with Gasteiger partial charge in [-0.15, -0.1) is 0 Å². The van der Waals surface area contributed by atoms with Gasteiger partial charge in [0.05, 0.1) is 37.2 Å². The fraction of sp³-hybridized carbons (Fsp3) is 0.474. The molecule has 1 N–H and O–H groups in total. The van der Waals surface area contributed by atoms with E-state index in [1.807, 2.05) is 53.8 Å². The first-order chi connectivity index (χ1) is 12.6. The third-order valence-electron chi connectivity index (χ3n) is 4.65. The Morgan fingerprint density at radius 2 is 2.12 bits per heavy atom. The molecule has 1 saturated heterocycles. The number of methoxy groups -OCH3 is 1. The van der Waals surface area contributed by atoms with E-state index in [4.69, 9.17) is 14.6 Å². The maximum absolute atomic E-state index is 12.6. The first-order valence-corrected chi connectivity index (χ1v) is 8.86. The normalized spacial score (nSPS) is 17.3. The summed E-state index contributed by atoms with van der Waals surface area (Å²) in [5, 5.41) is 7.62. The van der Waals surface area contributed by atoms with E-state index in [2.05, 4.69) is 5.32 Å². The fourth-order valence-corrected chi connectivity index (χ4v) is 3.41. The average Bonchev–Trinajstić information content (AvgIpc) is 2.97. The van der Waals surface area contributed by atoms with Crippen molar-refractivity contribution >= 4 is 6.03 Å². The topological polar surface area (TPSA) is 68.6 Å². The van der Waals surface area contributed by atoms with Crippen molar-refractivity contribution in [3.05, 3.63) is 47.3 Å². The van der Waals surface area contributed by atoms with Crippen molar-refractivity contribution in [2.24, 2.45) is 0 Å². The van der Waals surface area contributed by atoms with Gasteiger partial charge in [-0.25, -0.2) is 9.48 Å². The van der Waals surface area contributed by atoms with Crippen LogP contribution < -0.4 is 5.32 Å². The molecule has 0 radical (unpaired) electrons. The molecular weight excluding hydrogens is 332 g/mol. The average molecular weight is 358 g/mol. The van der Waals surface area contributed by atoms with Crippen LogP contribution in [0.15, 0.2) is 30.3 Å². The molecule has 0 aliphatic carbocycles. The summed E-state index contributed by atoms with van der Waals surface area (Å²) in [6.45, 7) is 6.57. The Labute approximate surface area is 153 Å². The summed E-state index contributed by atoms with van der Waals surface area (Å²) in [6, 6.07) is 9.77. The second-order valence-corrected chi connectivity index (χ2v) is 6.34. The van der Waals surface area contributed by atoms with Crippen molar-refractivity contribution in [2.75, 3.05) is 40.0 Å². The minimum Gasteiger partial charge on any atom is -0.383 e. The summed E-state index contributed by atoms with van der Waals surface area (Å²) >= 11 is 0. The van der Waals surface area contributed by atoms with Gasteiger partial charge in [-0.3, -0.25) is 0 Å². The summed E-state index contributed by atoms with van der Waals surface area (Å²) in [6.07, 6.45) is 0. The molecule has 7 nitrogen and oxygen atoms in total.